The zero-order valence-corrected chi connectivity index (χ0v) is 7.76. The predicted molar refractivity (Wildman–Crippen MR) is 50.0 cm³/mol. The first-order valence-electron chi connectivity index (χ1n) is 3.97. The van der Waals surface area contributed by atoms with Crippen molar-refractivity contribution in [3.8, 4) is 0 Å². The highest BCUT2D eigenvalue weighted by atomic mass is 35.5. The Kier molecular flexibility index (Phi) is 3.66. The molecule has 1 aromatic carbocycles. The fourth-order valence-corrected chi connectivity index (χ4v) is 1.37. The fourth-order valence-electron chi connectivity index (χ4n) is 1.10. The van der Waals surface area contributed by atoms with Gasteiger partial charge < -0.3 is 10.8 Å². The van der Waals surface area contributed by atoms with Crippen molar-refractivity contribution in [2.45, 2.75) is 12.5 Å². The maximum absolute atomic E-state index is 12.9. The summed E-state index contributed by atoms with van der Waals surface area (Å²) in [6.45, 7) is -0.0337. The predicted octanol–water partition coefficient (Wildman–Crippen LogP) is 1.86. The Hall–Kier alpha value is -0.640. The third kappa shape index (κ3) is 2.40. The van der Waals surface area contributed by atoms with Gasteiger partial charge >= 0.3 is 0 Å². The molecule has 0 aliphatic heterocycles. The molecule has 1 rings (SSSR count). The number of hydrogen-bond acceptors (Lipinski definition) is 2. The standard InChI is InChI=1S/C9H11ClFNO/c10-9-6(8(12)4-5-13)2-1-3-7(9)11/h1-3,8,13H,4-5,12H2/t8-/m0/s1. The molecule has 0 unspecified atom stereocenters. The highest BCUT2D eigenvalue weighted by Gasteiger charge is 2.11. The molecule has 0 saturated carbocycles. The maximum atomic E-state index is 12.9. The van der Waals surface area contributed by atoms with Crippen molar-refractivity contribution >= 4 is 11.6 Å². The molecule has 2 nitrogen and oxygen atoms in total. The Morgan fingerprint density at radius 1 is 1.54 bits per heavy atom. The van der Waals surface area contributed by atoms with Crippen molar-refractivity contribution < 1.29 is 9.50 Å². The van der Waals surface area contributed by atoms with Gasteiger partial charge in [0.1, 0.15) is 5.82 Å². The molecule has 0 radical (unpaired) electrons. The van der Waals surface area contributed by atoms with E-state index in [1.807, 2.05) is 0 Å². The lowest BCUT2D eigenvalue weighted by Gasteiger charge is -2.12. The van der Waals surface area contributed by atoms with Gasteiger partial charge in [-0.1, -0.05) is 23.7 Å². The van der Waals surface area contributed by atoms with E-state index < -0.39 is 11.9 Å². The molecule has 0 heterocycles. The lowest BCUT2D eigenvalue weighted by molar-refractivity contribution is 0.276. The molecule has 0 spiro atoms. The second-order valence-corrected chi connectivity index (χ2v) is 3.14. The van der Waals surface area contributed by atoms with Gasteiger partial charge in [-0.05, 0) is 18.1 Å². The van der Waals surface area contributed by atoms with Crippen LogP contribution in [0.2, 0.25) is 5.02 Å². The van der Waals surface area contributed by atoms with Gasteiger partial charge in [0.2, 0.25) is 0 Å². The smallest absolute Gasteiger partial charge is 0.142 e. The summed E-state index contributed by atoms with van der Waals surface area (Å²) in [7, 11) is 0. The van der Waals surface area contributed by atoms with E-state index in [-0.39, 0.29) is 11.6 Å². The van der Waals surface area contributed by atoms with E-state index in [2.05, 4.69) is 0 Å². The van der Waals surface area contributed by atoms with Gasteiger partial charge in [-0.2, -0.15) is 0 Å². The van der Waals surface area contributed by atoms with Crippen molar-refractivity contribution in [3.63, 3.8) is 0 Å². The van der Waals surface area contributed by atoms with Crippen molar-refractivity contribution in [3.05, 3.63) is 34.6 Å². The van der Waals surface area contributed by atoms with Crippen LogP contribution in [0.15, 0.2) is 18.2 Å². The third-order valence-electron chi connectivity index (χ3n) is 1.82. The minimum absolute atomic E-state index is 0.0337. The Morgan fingerprint density at radius 2 is 2.23 bits per heavy atom. The Labute approximate surface area is 81.1 Å². The van der Waals surface area contributed by atoms with Crippen molar-refractivity contribution in [1.29, 1.82) is 0 Å². The van der Waals surface area contributed by atoms with Crippen LogP contribution in [0.25, 0.3) is 0 Å². The van der Waals surface area contributed by atoms with Gasteiger partial charge in [-0.25, -0.2) is 4.39 Å². The molecule has 13 heavy (non-hydrogen) atoms. The first-order chi connectivity index (χ1) is 6.16. The molecule has 4 heteroatoms. The van der Waals surface area contributed by atoms with E-state index in [1.165, 1.54) is 6.07 Å². The Balaban J connectivity index is 2.93. The van der Waals surface area contributed by atoms with Crippen LogP contribution in [0.4, 0.5) is 4.39 Å². The molecule has 0 amide bonds. The largest absolute Gasteiger partial charge is 0.396 e. The molecular formula is C9H11ClFNO. The number of halogens is 2. The summed E-state index contributed by atoms with van der Waals surface area (Å²) in [6.07, 6.45) is 0.378. The number of aliphatic hydroxyl groups is 1. The zero-order chi connectivity index (χ0) is 9.84. The zero-order valence-electron chi connectivity index (χ0n) is 7.00. The van der Waals surface area contributed by atoms with Gasteiger partial charge in [0, 0.05) is 12.6 Å². The first-order valence-corrected chi connectivity index (χ1v) is 4.35. The summed E-state index contributed by atoms with van der Waals surface area (Å²) < 4.78 is 12.9. The average Bonchev–Trinajstić information content (AvgIpc) is 2.10. The molecule has 0 bridgehead atoms. The average molecular weight is 204 g/mol. The Morgan fingerprint density at radius 3 is 2.85 bits per heavy atom. The minimum Gasteiger partial charge on any atom is -0.396 e. The van der Waals surface area contributed by atoms with Gasteiger partial charge in [0.05, 0.1) is 5.02 Å². The minimum atomic E-state index is -0.479. The van der Waals surface area contributed by atoms with Gasteiger partial charge in [0.25, 0.3) is 0 Å². The number of aliphatic hydroxyl groups excluding tert-OH is 1. The van der Waals surface area contributed by atoms with Crippen LogP contribution in [0, 0.1) is 5.82 Å². The van der Waals surface area contributed by atoms with Gasteiger partial charge in [0.15, 0.2) is 0 Å². The molecule has 72 valence electrons. The molecule has 0 saturated heterocycles. The Bertz CT molecular complexity index is 293. The summed E-state index contributed by atoms with van der Waals surface area (Å²) >= 11 is 5.69. The molecule has 0 aliphatic carbocycles. The molecule has 3 N–H and O–H groups in total. The van der Waals surface area contributed by atoms with Crippen LogP contribution in [-0.2, 0) is 0 Å². The van der Waals surface area contributed by atoms with Crippen molar-refractivity contribution in [2.24, 2.45) is 5.73 Å². The first kappa shape index (κ1) is 10.4. The lowest BCUT2D eigenvalue weighted by atomic mass is 10.1. The second kappa shape index (κ2) is 4.56. The molecule has 1 aromatic rings. The number of benzene rings is 1. The molecule has 1 atom stereocenters. The van der Waals surface area contributed by atoms with Crippen LogP contribution in [0.5, 0.6) is 0 Å². The number of nitrogens with two attached hydrogens (primary N) is 1. The number of rotatable bonds is 3. The molecule has 0 fully saturated rings. The second-order valence-electron chi connectivity index (χ2n) is 2.76. The van der Waals surface area contributed by atoms with Crippen LogP contribution >= 0.6 is 11.6 Å². The highest BCUT2D eigenvalue weighted by molar-refractivity contribution is 6.31. The van der Waals surface area contributed by atoms with Crippen molar-refractivity contribution in [1.82, 2.24) is 0 Å². The van der Waals surface area contributed by atoms with Gasteiger partial charge in [-0.15, -0.1) is 0 Å². The quantitative estimate of drug-likeness (QED) is 0.788. The van der Waals surface area contributed by atoms with E-state index in [1.54, 1.807) is 12.1 Å². The summed E-state index contributed by atoms with van der Waals surface area (Å²) in [5, 5.41) is 8.69. The molecule has 0 aromatic heterocycles. The van der Waals surface area contributed by atoms with E-state index in [4.69, 9.17) is 22.4 Å². The SMILES string of the molecule is N[C@@H](CCO)c1cccc(F)c1Cl. The fraction of sp³-hybridized carbons (Fsp3) is 0.333. The van der Waals surface area contributed by atoms with Crippen LogP contribution in [-0.4, -0.2) is 11.7 Å². The van der Waals surface area contributed by atoms with Gasteiger partial charge in [-0.3, -0.25) is 0 Å². The summed E-state index contributed by atoms with van der Waals surface area (Å²) in [4.78, 5) is 0. The van der Waals surface area contributed by atoms with E-state index in [0.717, 1.165) is 0 Å². The normalized spacial score (nSPS) is 12.9. The van der Waals surface area contributed by atoms with Crippen LogP contribution in [0.1, 0.15) is 18.0 Å². The van der Waals surface area contributed by atoms with E-state index >= 15 is 0 Å². The summed E-state index contributed by atoms with van der Waals surface area (Å²) in [5.74, 6) is -0.479. The lowest BCUT2D eigenvalue weighted by Crippen LogP contribution is -2.12. The topological polar surface area (TPSA) is 46.2 Å². The van der Waals surface area contributed by atoms with Crippen molar-refractivity contribution in [2.75, 3.05) is 6.61 Å². The highest BCUT2D eigenvalue weighted by Crippen LogP contribution is 2.25. The van der Waals surface area contributed by atoms with Crippen LogP contribution in [0.3, 0.4) is 0 Å². The maximum Gasteiger partial charge on any atom is 0.142 e. The molecular weight excluding hydrogens is 193 g/mol. The van der Waals surface area contributed by atoms with E-state index in [0.29, 0.717) is 12.0 Å². The van der Waals surface area contributed by atoms with Crippen LogP contribution < -0.4 is 5.73 Å². The van der Waals surface area contributed by atoms with E-state index in [9.17, 15) is 4.39 Å². The molecule has 0 aliphatic rings. The monoisotopic (exact) mass is 203 g/mol. The third-order valence-corrected chi connectivity index (χ3v) is 2.22. The summed E-state index contributed by atoms with van der Waals surface area (Å²) in [6, 6.07) is 4.07. The number of hydrogen-bond donors (Lipinski definition) is 2. The summed E-state index contributed by atoms with van der Waals surface area (Å²) in [5.41, 5.74) is 6.20.